The maximum Gasteiger partial charge on any atom is 0.263 e. The molecule has 0 saturated carbocycles. The quantitative estimate of drug-likeness (QED) is 0.788. The molecule has 8 heteroatoms. The van der Waals surface area contributed by atoms with E-state index in [4.69, 9.17) is 0 Å². The molecule has 0 fully saturated rings. The van der Waals surface area contributed by atoms with Gasteiger partial charge in [0.25, 0.3) is 10.0 Å². The first kappa shape index (κ1) is 14.4. The van der Waals surface area contributed by atoms with Gasteiger partial charge in [-0.1, -0.05) is 0 Å². The fourth-order valence-electron chi connectivity index (χ4n) is 1.34. The zero-order valence-corrected chi connectivity index (χ0v) is 13.3. The average Bonchev–Trinajstić information content (AvgIpc) is 2.31. The molecule has 2 aromatic rings. The SMILES string of the molecule is O=S(=O)(Nc1ccc(Br)nc1)c1ccc(F)cc1Br. The van der Waals surface area contributed by atoms with Gasteiger partial charge in [0.15, 0.2) is 0 Å². The molecule has 0 amide bonds. The molecule has 1 N–H and O–H groups in total. The van der Waals surface area contributed by atoms with Crippen LogP contribution in [0.4, 0.5) is 10.1 Å². The van der Waals surface area contributed by atoms with Crippen molar-refractivity contribution >= 4 is 47.6 Å². The third-order valence-corrected chi connectivity index (χ3v) is 4.99. The number of nitrogens with one attached hydrogen (secondary N) is 1. The Morgan fingerprint density at radius 3 is 2.47 bits per heavy atom. The van der Waals surface area contributed by atoms with Gasteiger partial charge in [0.2, 0.25) is 0 Å². The molecule has 19 heavy (non-hydrogen) atoms. The maximum absolute atomic E-state index is 12.9. The summed E-state index contributed by atoms with van der Waals surface area (Å²) in [7, 11) is -3.79. The number of hydrogen-bond donors (Lipinski definition) is 1. The smallest absolute Gasteiger partial charge is 0.263 e. The van der Waals surface area contributed by atoms with Crippen molar-refractivity contribution in [3.05, 3.63) is 51.4 Å². The van der Waals surface area contributed by atoms with Gasteiger partial charge in [-0.3, -0.25) is 4.72 Å². The predicted molar refractivity (Wildman–Crippen MR) is 76.8 cm³/mol. The molecule has 4 nitrogen and oxygen atoms in total. The van der Waals surface area contributed by atoms with Crippen LogP contribution >= 0.6 is 31.9 Å². The minimum atomic E-state index is -3.79. The third kappa shape index (κ3) is 3.52. The van der Waals surface area contributed by atoms with E-state index in [0.29, 0.717) is 10.3 Å². The van der Waals surface area contributed by atoms with E-state index in [0.717, 1.165) is 12.1 Å². The molecule has 0 bridgehead atoms. The molecule has 0 radical (unpaired) electrons. The Balaban J connectivity index is 2.35. The minimum Gasteiger partial charge on any atom is -0.278 e. The van der Waals surface area contributed by atoms with Crippen molar-refractivity contribution in [1.29, 1.82) is 0 Å². The number of aromatic nitrogens is 1. The monoisotopic (exact) mass is 408 g/mol. The van der Waals surface area contributed by atoms with E-state index < -0.39 is 15.8 Å². The number of pyridine rings is 1. The van der Waals surface area contributed by atoms with Crippen molar-refractivity contribution < 1.29 is 12.8 Å². The number of sulfonamides is 1. The summed E-state index contributed by atoms with van der Waals surface area (Å²) in [5.41, 5.74) is 0.319. The van der Waals surface area contributed by atoms with Crippen LogP contribution in [0.2, 0.25) is 0 Å². The van der Waals surface area contributed by atoms with Gasteiger partial charge in [0.1, 0.15) is 15.3 Å². The topological polar surface area (TPSA) is 59.1 Å². The third-order valence-electron chi connectivity index (χ3n) is 2.16. The van der Waals surface area contributed by atoms with Gasteiger partial charge in [-0.05, 0) is 62.2 Å². The van der Waals surface area contributed by atoms with Gasteiger partial charge in [-0.15, -0.1) is 0 Å². The van der Waals surface area contributed by atoms with Gasteiger partial charge in [0.05, 0.1) is 11.9 Å². The number of halogens is 3. The number of nitrogens with zero attached hydrogens (tertiary/aromatic N) is 1. The minimum absolute atomic E-state index is 0.0446. The van der Waals surface area contributed by atoms with Crippen molar-refractivity contribution in [2.24, 2.45) is 0 Å². The highest BCUT2D eigenvalue weighted by atomic mass is 79.9. The van der Waals surface area contributed by atoms with Crippen molar-refractivity contribution in [1.82, 2.24) is 4.98 Å². The summed E-state index contributed by atoms with van der Waals surface area (Å²) >= 11 is 6.18. The number of hydrogen-bond acceptors (Lipinski definition) is 3. The van der Waals surface area contributed by atoms with Crippen molar-refractivity contribution in [3.63, 3.8) is 0 Å². The molecule has 0 aliphatic heterocycles. The van der Waals surface area contributed by atoms with Gasteiger partial charge in [-0.25, -0.2) is 17.8 Å². The van der Waals surface area contributed by atoms with Gasteiger partial charge >= 0.3 is 0 Å². The molecule has 2 rings (SSSR count). The van der Waals surface area contributed by atoms with Crippen molar-refractivity contribution in [2.75, 3.05) is 4.72 Å². The lowest BCUT2D eigenvalue weighted by molar-refractivity contribution is 0.599. The zero-order valence-electron chi connectivity index (χ0n) is 9.27. The summed E-state index contributed by atoms with van der Waals surface area (Å²) in [5, 5.41) is 0. The summed E-state index contributed by atoms with van der Waals surface area (Å²) in [6.45, 7) is 0. The summed E-state index contributed by atoms with van der Waals surface area (Å²) in [6, 6.07) is 6.53. The van der Waals surface area contributed by atoms with E-state index in [1.165, 1.54) is 12.3 Å². The second-order valence-electron chi connectivity index (χ2n) is 3.55. The Kier molecular flexibility index (Phi) is 4.22. The molecule has 0 unspecified atom stereocenters. The number of benzene rings is 1. The Bertz CT molecular complexity index is 705. The zero-order chi connectivity index (χ0) is 14.0. The second-order valence-corrected chi connectivity index (χ2v) is 6.87. The maximum atomic E-state index is 12.9. The average molecular weight is 410 g/mol. The fraction of sp³-hybridized carbons (Fsp3) is 0. The summed E-state index contributed by atoms with van der Waals surface area (Å²) in [6.07, 6.45) is 1.37. The van der Waals surface area contributed by atoms with Crippen LogP contribution in [0.3, 0.4) is 0 Å². The first-order valence-corrected chi connectivity index (χ1v) is 8.05. The highest BCUT2D eigenvalue weighted by molar-refractivity contribution is 9.10. The molecule has 1 heterocycles. The first-order chi connectivity index (χ1) is 8.88. The molecule has 0 saturated heterocycles. The summed E-state index contributed by atoms with van der Waals surface area (Å²) in [5.74, 6) is -0.517. The number of anilines is 1. The molecular weight excluding hydrogens is 403 g/mol. The van der Waals surface area contributed by atoms with E-state index in [2.05, 4.69) is 41.6 Å². The van der Waals surface area contributed by atoms with E-state index in [-0.39, 0.29) is 9.37 Å². The standard InChI is InChI=1S/C11H7Br2FN2O2S/c12-9-5-7(14)1-3-10(9)19(17,18)16-8-2-4-11(13)15-6-8/h1-6,16H. The predicted octanol–water partition coefficient (Wildman–Crippen LogP) is 3.55. The molecule has 1 aromatic heterocycles. The van der Waals surface area contributed by atoms with Crippen LogP contribution in [-0.2, 0) is 10.0 Å². The van der Waals surface area contributed by atoms with E-state index >= 15 is 0 Å². The van der Waals surface area contributed by atoms with Crippen LogP contribution in [0.25, 0.3) is 0 Å². The fourth-order valence-corrected chi connectivity index (χ4v) is 3.67. The Morgan fingerprint density at radius 1 is 1.16 bits per heavy atom. The summed E-state index contributed by atoms with van der Waals surface area (Å²) < 4.78 is 40.3. The van der Waals surface area contributed by atoms with Crippen LogP contribution in [-0.4, -0.2) is 13.4 Å². The molecule has 1 aromatic carbocycles. The van der Waals surface area contributed by atoms with Crippen LogP contribution in [0.5, 0.6) is 0 Å². The number of rotatable bonds is 3. The highest BCUT2D eigenvalue weighted by Crippen LogP contribution is 2.25. The van der Waals surface area contributed by atoms with Crippen molar-refractivity contribution in [3.8, 4) is 0 Å². The van der Waals surface area contributed by atoms with E-state index in [9.17, 15) is 12.8 Å². The lowest BCUT2D eigenvalue weighted by atomic mass is 10.3. The Hall–Kier alpha value is -0.990. The van der Waals surface area contributed by atoms with Crippen LogP contribution in [0, 0.1) is 5.82 Å². The first-order valence-electron chi connectivity index (χ1n) is 4.98. The lowest BCUT2D eigenvalue weighted by Gasteiger charge is -2.09. The van der Waals surface area contributed by atoms with E-state index in [1.54, 1.807) is 12.1 Å². The Morgan fingerprint density at radius 2 is 1.89 bits per heavy atom. The largest absolute Gasteiger partial charge is 0.278 e. The van der Waals surface area contributed by atoms with Crippen LogP contribution in [0.15, 0.2) is 50.5 Å². The molecule has 0 spiro atoms. The Labute approximate surface area is 126 Å². The normalized spacial score (nSPS) is 11.3. The van der Waals surface area contributed by atoms with Crippen LogP contribution in [0.1, 0.15) is 0 Å². The molecule has 0 aliphatic carbocycles. The van der Waals surface area contributed by atoms with Crippen LogP contribution < -0.4 is 4.72 Å². The second kappa shape index (κ2) is 5.56. The van der Waals surface area contributed by atoms with Gasteiger partial charge in [0, 0.05) is 4.47 Å². The van der Waals surface area contributed by atoms with Gasteiger partial charge in [-0.2, -0.15) is 0 Å². The molecule has 0 atom stereocenters. The lowest BCUT2D eigenvalue weighted by Crippen LogP contribution is -2.13. The highest BCUT2D eigenvalue weighted by Gasteiger charge is 2.18. The molecular formula is C11H7Br2FN2O2S. The van der Waals surface area contributed by atoms with E-state index in [1.807, 2.05) is 0 Å². The summed E-state index contributed by atoms with van der Waals surface area (Å²) in [4.78, 5) is 3.87. The van der Waals surface area contributed by atoms with Crippen molar-refractivity contribution in [2.45, 2.75) is 4.90 Å². The van der Waals surface area contributed by atoms with Gasteiger partial charge < -0.3 is 0 Å². The molecule has 100 valence electrons. The molecule has 0 aliphatic rings.